The minimum atomic E-state index is -0.442. The van der Waals surface area contributed by atoms with Gasteiger partial charge in [-0.15, -0.1) is 0 Å². The molecule has 1 aromatic carbocycles. The number of halogens is 2. The SMILES string of the molecule is CCCNC(c1cc(F)ccc1F)c1cc(C)oc1C. The fourth-order valence-electron chi connectivity index (χ4n) is 2.35. The highest BCUT2D eigenvalue weighted by Gasteiger charge is 2.22. The molecule has 0 aliphatic heterocycles. The highest BCUT2D eigenvalue weighted by Crippen LogP contribution is 2.29. The Bertz CT molecular complexity index is 592. The molecule has 4 heteroatoms. The van der Waals surface area contributed by atoms with E-state index < -0.39 is 17.7 Å². The molecule has 1 atom stereocenters. The van der Waals surface area contributed by atoms with Crippen LogP contribution in [0.15, 0.2) is 28.7 Å². The lowest BCUT2D eigenvalue weighted by atomic mass is 9.98. The second kappa shape index (κ2) is 6.18. The van der Waals surface area contributed by atoms with Crippen molar-refractivity contribution in [3.05, 3.63) is 58.5 Å². The smallest absolute Gasteiger partial charge is 0.128 e. The van der Waals surface area contributed by atoms with Crippen LogP contribution in [0.1, 0.15) is 42.0 Å². The first-order valence-electron chi connectivity index (χ1n) is 6.78. The van der Waals surface area contributed by atoms with E-state index in [1.54, 1.807) is 0 Å². The van der Waals surface area contributed by atoms with E-state index in [1.807, 2.05) is 26.8 Å². The number of furan rings is 1. The first-order valence-corrected chi connectivity index (χ1v) is 6.78. The minimum Gasteiger partial charge on any atom is -0.466 e. The largest absolute Gasteiger partial charge is 0.466 e. The molecule has 0 amide bonds. The van der Waals surface area contributed by atoms with E-state index >= 15 is 0 Å². The topological polar surface area (TPSA) is 25.2 Å². The summed E-state index contributed by atoms with van der Waals surface area (Å²) in [7, 11) is 0. The number of hydrogen-bond acceptors (Lipinski definition) is 2. The molecule has 1 N–H and O–H groups in total. The number of nitrogens with one attached hydrogen (secondary N) is 1. The van der Waals surface area contributed by atoms with Gasteiger partial charge in [0.15, 0.2) is 0 Å². The van der Waals surface area contributed by atoms with Crippen molar-refractivity contribution in [2.75, 3.05) is 6.54 Å². The third-order valence-corrected chi connectivity index (χ3v) is 3.26. The van der Waals surface area contributed by atoms with Gasteiger partial charge in [-0.2, -0.15) is 0 Å². The van der Waals surface area contributed by atoms with Gasteiger partial charge in [-0.3, -0.25) is 0 Å². The van der Waals surface area contributed by atoms with Crippen LogP contribution in [0.25, 0.3) is 0 Å². The lowest BCUT2D eigenvalue weighted by molar-refractivity contribution is 0.488. The monoisotopic (exact) mass is 279 g/mol. The van der Waals surface area contributed by atoms with Crippen LogP contribution in [-0.4, -0.2) is 6.54 Å². The van der Waals surface area contributed by atoms with Crippen LogP contribution >= 0.6 is 0 Å². The van der Waals surface area contributed by atoms with E-state index in [1.165, 1.54) is 6.07 Å². The van der Waals surface area contributed by atoms with Crippen molar-refractivity contribution in [2.45, 2.75) is 33.2 Å². The fraction of sp³-hybridized carbons (Fsp3) is 0.375. The first kappa shape index (κ1) is 14.7. The van der Waals surface area contributed by atoms with Gasteiger partial charge in [0.05, 0.1) is 6.04 Å². The summed E-state index contributed by atoms with van der Waals surface area (Å²) in [6.07, 6.45) is 0.906. The van der Waals surface area contributed by atoms with Gasteiger partial charge in [0, 0.05) is 11.1 Å². The minimum absolute atomic E-state index is 0.308. The summed E-state index contributed by atoms with van der Waals surface area (Å²) in [5.74, 6) is 0.623. The summed E-state index contributed by atoms with van der Waals surface area (Å²) < 4.78 is 33.0. The molecular formula is C16H19F2NO. The molecule has 2 aromatic rings. The zero-order valence-electron chi connectivity index (χ0n) is 12.0. The zero-order chi connectivity index (χ0) is 14.7. The first-order chi connectivity index (χ1) is 9.52. The van der Waals surface area contributed by atoms with Gasteiger partial charge in [0.2, 0.25) is 0 Å². The van der Waals surface area contributed by atoms with Crippen molar-refractivity contribution >= 4 is 0 Å². The van der Waals surface area contributed by atoms with E-state index in [0.717, 1.165) is 35.6 Å². The van der Waals surface area contributed by atoms with E-state index in [2.05, 4.69) is 5.32 Å². The summed E-state index contributed by atoms with van der Waals surface area (Å²) >= 11 is 0. The van der Waals surface area contributed by atoms with Crippen LogP contribution in [0, 0.1) is 25.5 Å². The Kier molecular flexibility index (Phi) is 4.55. The standard InChI is InChI=1S/C16H19F2NO/c1-4-7-19-16(13-8-10(2)20-11(13)3)14-9-12(17)5-6-15(14)18/h5-6,8-9,16,19H,4,7H2,1-3H3. The summed E-state index contributed by atoms with van der Waals surface area (Å²) in [6, 6.07) is 5.00. The lowest BCUT2D eigenvalue weighted by Crippen LogP contribution is -2.24. The summed E-state index contributed by atoms with van der Waals surface area (Å²) in [5.41, 5.74) is 1.16. The molecule has 0 aliphatic carbocycles. The fourth-order valence-corrected chi connectivity index (χ4v) is 2.35. The van der Waals surface area contributed by atoms with Crippen molar-refractivity contribution in [1.29, 1.82) is 0 Å². The molecular weight excluding hydrogens is 260 g/mol. The van der Waals surface area contributed by atoms with Gasteiger partial charge in [-0.25, -0.2) is 8.78 Å². The highest BCUT2D eigenvalue weighted by atomic mass is 19.1. The van der Waals surface area contributed by atoms with Gasteiger partial charge < -0.3 is 9.73 Å². The average molecular weight is 279 g/mol. The van der Waals surface area contributed by atoms with Gasteiger partial charge in [0.1, 0.15) is 23.2 Å². The maximum absolute atomic E-state index is 14.0. The third-order valence-electron chi connectivity index (χ3n) is 3.26. The normalized spacial score (nSPS) is 12.7. The Balaban J connectivity index is 2.46. The summed E-state index contributed by atoms with van der Waals surface area (Å²) in [5, 5.41) is 3.26. The van der Waals surface area contributed by atoms with Crippen LogP contribution in [-0.2, 0) is 0 Å². The average Bonchev–Trinajstić information content (AvgIpc) is 2.73. The molecule has 0 spiro atoms. The van der Waals surface area contributed by atoms with Crippen molar-refractivity contribution in [1.82, 2.24) is 5.32 Å². The van der Waals surface area contributed by atoms with Gasteiger partial charge >= 0.3 is 0 Å². The van der Waals surface area contributed by atoms with E-state index in [-0.39, 0.29) is 0 Å². The lowest BCUT2D eigenvalue weighted by Gasteiger charge is -2.19. The van der Waals surface area contributed by atoms with Crippen molar-refractivity contribution in [3.8, 4) is 0 Å². The zero-order valence-corrected chi connectivity index (χ0v) is 12.0. The molecule has 2 rings (SSSR count). The predicted octanol–water partition coefficient (Wildman–Crippen LogP) is 4.26. The van der Waals surface area contributed by atoms with Gasteiger partial charge in [0.25, 0.3) is 0 Å². The van der Waals surface area contributed by atoms with Gasteiger partial charge in [-0.05, 0) is 51.1 Å². The van der Waals surface area contributed by atoms with Crippen LogP contribution < -0.4 is 5.32 Å². The predicted molar refractivity (Wildman–Crippen MR) is 74.7 cm³/mol. The molecule has 1 unspecified atom stereocenters. The van der Waals surface area contributed by atoms with Crippen molar-refractivity contribution in [3.63, 3.8) is 0 Å². The van der Waals surface area contributed by atoms with Crippen LogP contribution in [0.5, 0.6) is 0 Å². The molecule has 0 saturated heterocycles. The van der Waals surface area contributed by atoms with Crippen LogP contribution in [0.2, 0.25) is 0 Å². The second-order valence-electron chi connectivity index (χ2n) is 4.92. The Morgan fingerprint density at radius 2 is 1.90 bits per heavy atom. The molecule has 0 aliphatic rings. The molecule has 2 nitrogen and oxygen atoms in total. The highest BCUT2D eigenvalue weighted by molar-refractivity contribution is 5.35. The molecule has 1 heterocycles. The molecule has 108 valence electrons. The maximum Gasteiger partial charge on any atom is 0.128 e. The third kappa shape index (κ3) is 3.07. The number of rotatable bonds is 5. The van der Waals surface area contributed by atoms with E-state index in [4.69, 9.17) is 4.42 Å². The Morgan fingerprint density at radius 3 is 2.50 bits per heavy atom. The second-order valence-corrected chi connectivity index (χ2v) is 4.92. The van der Waals surface area contributed by atoms with Crippen LogP contribution in [0.3, 0.4) is 0 Å². The molecule has 0 saturated carbocycles. The molecule has 0 radical (unpaired) electrons. The quantitative estimate of drug-likeness (QED) is 0.884. The number of aryl methyl sites for hydroxylation is 2. The molecule has 1 aromatic heterocycles. The Hall–Kier alpha value is -1.68. The molecule has 20 heavy (non-hydrogen) atoms. The summed E-state index contributed by atoms with van der Waals surface area (Å²) in [6.45, 7) is 6.42. The Morgan fingerprint density at radius 1 is 1.15 bits per heavy atom. The van der Waals surface area contributed by atoms with E-state index in [9.17, 15) is 8.78 Å². The molecule has 0 fully saturated rings. The van der Waals surface area contributed by atoms with Crippen molar-refractivity contribution in [2.24, 2.45) is 0 Å². The van der Waals surface area contributed by atoms with Crippen LogP contribution in [0.4, 0.5) is 8.78 Å². The van der Waals surface area contributed by atoms with E-state index in [0.29, 0.717) is 12.1 Å². The maximum atomic E-state index is 14.0. The van der Waals surface area contributed by atoms with Gasteiger partial charge in [-0.1, -0.05) is 6.92 Å². The number of hydrogen-bond donors (Lipinski definition) is 1. The summed E-state index contributed by atoms with van der Waals surface area (Å²) in [4.78, 5) is 0. The van der Waals surface area contributed by atoms with Crippen molar-refractivity contribution < 1.29 is 13.2 Å². The number of benzene rings is 1. The molecule has 0 bridgehead atoms. The Labute approximate surface area is 117 Å².